The van der Waals surface area contributed by atoms with Crippen LogP contribution in [-0.2, 0) is 0 Å². The van der Waals surface area contributed by atoms with Crippen LogP contribution < -0.4 is 5.73 Å². The Hall–Kier alpha value is -1.32. The van der Waals surface area contributed by atoms with Gasteiger partial charge in [0.05, 0.1) is 6.33 Å². The Morgan fingerprint density at radius 2 is 2.25 bits per heavy atom. The molecular weight excluding hydrogens is 202 g/mol. The fourth-order valence-electron chi connectivity index (χ4n) is 1.72. The summed E-state index contributed by atoms with van der Waals surface area (Å²) in [7, 11) is 0. The maximum atomic E-state index is 10.9. The predicted molar refractivity (Wildman–Crippen MR) is 64.2 cm³/mol. The SMILES string of the molecule is CCCCCCC(C)n1cnc(C(N)=O)c1. The first-order valence-electron chi connectivity index (χ1n) is 5.98. The highest BCUT2D eigenvalue weighted by atomic mass is 16.1. The van der Waals surface area contributed by atoms with Gasteiger partial charge in [0.1, 0.15) is 5.69 Å². The maximum absolute atomic E-state index is 10.9. The highest BCUT2D eigenvalue weighted by molar-refractivity contribution is 5.90. The lowest BCUT2D eigenvalue weighted by atomic mass is 10.1. The summed E-state index contributed by atoms with van der Waals surface area (Å²) in [5.74, 6) is -0.461. The number of unbranched alkanes of at least 4 members (excludes halogenated alkanes) is 3. The molecule has 16 heavy (non-hydrogen) atoms. The van der Waals surface area contributed by atoms with Crippen molar-refractivity contribution in [3.63, 3.8) is 0 Å². The second kappa shape index (κ2) is 6.30. The fraction of sp³-hybridized carbons (Fsp3) is 0.667. The van der Waals surface area contributed by atoms with Crippen LogP contribution in [0.25, 0.3) is 0 Å². The molecule has 1 amide bonds. The van der Waals surface area contributed by atoms with Gasteiger partial charge < -0.3 is 10.3 Å². The molecule has 0 spiro atoms. The van der Waals surface area contributed by atoms with Gasteiger partial charge in [-0.25, -0.2) is 4.98 Å². The van der Waals surface area contributed by atoms with Crippen molar-refractivity contribution in [3.8, 4) is 0 Å². The van der Waals surface area contributed by atoms with Crippen molar-refractivity contribution in [1.29, 1.82) is 0 Å². The molecule has 0 aromatic carbocycles. The van der Waals surface area contributed by atoms with E-state index in [4.69, 9.17) is 5.73 Å². The molecular formula is C12H21N3O. The molecule has 90 valence electrons. The van der Waals surface area contributed by atoms with Crippen LogP contribution in [0.1, 0.15) is 62.5 Å². The van der Waals surface area contributed by atoms with Crippen LogP contribution >= 0.6 is 0 Å². The van der Waals surface area contributed by atoms with Gasteiger partial charge in [0.25, 0.3) is 5.91 Å². The van der Waals surface area contributed by atoms with Crippen LogP contribution in [-0.4, -0.2) is 15.5 Å². The number of primary amides is 1. The van der Waals surface area contributed by atoms with Gasteiger partial charge in [-0.2, -0.15) is 0 Å². The fourth-order valence-corrected chi connectivity index (χ4v) is 1.72. The van der Waals surface area contributed by atoms with E-state index in [-0.39, 0.29) is 0 Å². The zero-order valence-corrected chi connectivity index (χ0v) is 10.1. The van der Waals surface area contributed by atoms with Gasteiger partial charge in [-0.1, -0.05) is 32.6 Å². The normalized spacial score (nSPS) is 12.6. The molecule has 0 aliphatic heterocycles. The van der Waals surface area contributed by atoms with E-state index in [0.717, 1.165) is 6.42 Å². The van der Waals surface area contributed by atoms with Crippen molar-refractivity contribution in [3.05, 3.63) is 18.2 Å². The van der Waals surface area contributed by atoms with Gasteiger partial charge in [-0.3, -0.25) is 4.79 Å². The van der Waals surface area contributed by atoms with Crippen molar-refractivity contribution < 1.29 is 4.79 Å². The minimum atomic E-state index is -0.461. The van der Waals surface area contributed by atoms with Crippen LogP contribution in [0.5, 0.6) is 0 Å². The molecule has 2 N–H and O–H groups in total. The molecule has 0 aliphatic carbocycles. The van der Waals surface area contributed by atoms with Crippen LogP contribution in [0, 0.1) is 0 Å². The van der Waals surface area contributed by atoms with E-state index in [1.54, 1.807) is 12.5 Å². The minimum absolute atomic E-state index is 0.348. The number of aromatic nitrogens is 2. The predicted octanol–water partition coefficient (Wildman–Crippen LogP) is 2.51. The van der Waals surface area contributed by atoms with Crippen molar-refractivity contribution in [2.75, 3.05) is 0 Å². The average Bonchev–Trinajstić information content (AvgIpc) is 2.73. The summed E-state index contributed by atoms with van der Waals surface area (Å²) in [6, 6.07) is 0.387. The first-order chi connectivity index (χ1) is 7.65. The second-order valence-corrected chi connectivity index (χ2v) is 4.27. The molecule has 0 saturated heterocycles. The molecule has 4 heteroatoms. The van der Waals surface area contributed by atoms with Gasteiger partial charge in [0.2, 0.25) is 0 Å². The number of hydrogen-bond donors (Lipinski definition) is 1. The van der Waals surface area contributed by atoms with E-state index in [1.165, 1.54) is 25.7 Å². The maximum Gasteiger partial charge on any atom is 0.268 e. The van der Waals surface area contributed by atoms with Crippen molar-refractivity contribution in [2.45, 2.75) is 52.0 Å². The Kier molecular flexibility index (Phi) is 5.02. The summed E-state index contributed by atoms with van der Waals surface area (Å²) in [6.07, 6.45) is 9.58. The molecule has 0 bridgehead atoms. The highest BCUT2D eigenvalue weighted by Gasteiger charge is 2.08. The number of nitrogens with two attached hydrogens (primary N) is 1. The van der Waals surface area contributed by atoms with E-state index >= 15 is 0 Å². The third-order valence-electron chi connectivity index (χ3n) is 2.84. The first-order valence-corrected chi connectivity index (χ1v) is 5.98. The molecule has 4 nitrogen and oxygen atoms in total. The summed E-state index contributed by atoms with van der Waals surface area (Å²) in [5.41, 5.74) is 5.50. The third kappa shape index (κ3) is 3.68. The highest BCUT2D eigenvalue weighted by Crippen LogP contribution is 2.15. The molecule has 1 atom stereocenters. The minimum Gasteiger partial charge on any atom is -0.364 e. The molecule has 0 radical (unpaired) electrons. The molecule has 1 aromatic heterocycles. The van der Waals surface area contributed by atoms with Gasteiger partial charge in [-0.15, -0.1) is 0 Å². The average molecular weight is 223 g/mol. The Bertz CT molecular complexity index is 333. The van der Waals surface area contributed by atoms with Crippen molar-refractivity contribution in [1.82, 2.24) is 9.55 Å². The second-order valence-electron chi connectivity index (χ2n) is 4.27. The zero-order chi connectivity index (χ0) is 12.0. The lowest BCUT2D eigenvalue weighted by Crippen LogP contribution is -2.11. The number of carbonyl (C=O) groups excluding carboxylic acids is 1. The lowest BCUT2D eigenvalue weighted by molar-refractivity contribution is 0.0996. The van der Waals surface area contributed by atoms with Gasteiger partial charge in [-0.05, 0) is 13.3 Å². The first kappa shape index (κ1) is 12.7. The molecule has 0 saturated carbocycles. The molecule has 0 fully saturated rings. The van der Waals surface area contributed by atoms with Crippen LogP contribution in [0.4, 0.5) is 0 Å². The van der Waals surface area contributed by atoms with E-state index in [2.05, 4.69) is 18.8 Å². The molecule has 1 aromatic rings. The van der Waals surface area contributed by atoms with E-state index in [9.17, 15) is 4.79 Å². The van der Waals surface area contributed by atoms with Crippen LogP contribution in [0.15, 0.2) is 12.5 Å². The van der Waals surface area contributed by atoms with E-state index < -0.39 is 5.91 Å². The summed E-state index contributed by atoms with van der Waals surface area (Å²) < 4.78 is 1.96. The summed E-state index contributed by atoms with van der Waals surface area (Å²) >= 11 is 0. The van der Waals surface area contributed by atoms with Gasteiger partial charge >= 0.3 is 0 Å². The van der Waals surface area contributed by atoms with E-state index in [0.29, 0.717) is 11.7 Å². The summed E-state index contributed by atoms with van der Waals surface area (Å²) in [6.45, 7) is 4.34. The van der Waals surface area contributed by atoms with Gasteiger partial charge in [0.15, 0.2) is 0 Å². The Morgan fingerprint density at radius 3 is 2.81 bits per heavy atom. The standard InChI is InChI=1S/C12H21N3O/c1-3-4-5-6-7-10(2)15-8-11(12(13)16)14-9-15/h8-10H,3-7H2,1-2H3,(H2,13,16). The van der Waals surface area contributed by atoms with Crippen LogP contribution in [0.3, 0.4) is 0 Å². The number of imidazole rings is 1. The van der Waals surface area contributed by atoms with E-state index in [1.807, 2.05) is 4.57 Å². The Morgan fingerprint density at radius 1 is 1.50 bits per heavy atom. The smallest absolute Gasteiger partial charge is 0.268 e. The molecule has 1 heterocycles. The van der Waals surface area contributed by atoms with Crippen molar-refractivity contribution >= 4 is 5.91 Å². The molecule has 1 rings (SSSR count). The number of nitrogens with zero attached hydrogens (tertiary/aromatic N) is 2. The van der Waals surface area contributed by atoms with Gasteiger partial charge in [0, 0.05) is 12.2 Å². The summed E-state index contributed by atoms with van der Waals surface area (Å²) in [5, 5.41) is 0. The Balaban J connectivity index is 2.40. The monoisotopic (exact) mass is 223 g/mol. The quantitative estimate of drug-likeness (QED) is 0.722. The third-order valence-corrected chi connectivity index (χ3v) is 2.84. The topological polar surface area (TPSA) is 60.9 Å². The lowest BCUT2D eigenvalue weighted by Gasteiger charge is -2.12. The number of amides is 1. The van der Waals surface area contributed by atoms with Crippen molar-refractivity contribution in [2.24, 2.45) is 5.73 Å². The summed E-state index contributed by atoms with van der Waals surface area (Å²) in [4.78, 5) is 14.9. The zero-order valence-electron chi connectivity index (χ0n) is 10.1. The number of hydrogen-bond acceptors (Lipinski definition) is 2. The largest absolute Gasteiger partial charge is 0.364 e. The number of rotatable bonds is 7. The van der Waals surface area contributed by atoms with Crippen LogP contribution in [0.2, 0.25) is 0 Å². The Labute approximate surface area is 96.9 Å². The number of carbonyl (C=O) groups is 1. The molecule has 1 unspecified atom stereocenters. The molecule has 0 aliphatic rings.